The molecular formula is C21H20O. The fourth-order valence-electron chi connectivity index (χ4n) is 2.77. The molecule has 0 heterocycles. The van der Waals surface area contributed by atoms with Crippen LogP contribution in [0.4, 0.5) is 0 Å². The zero-order chi connectivity index (χ0) is 15.4. The van der Waals surface area contributed by atoms with E-state index in [4.69, 9.17) is 0 Å². The van der Waals surface area contributed by atoms with E-state index in [0.717, 1.165) is 5.56 Å². The van der Waals surface area contributed by atoms with Crippen molar-refractivity contribution in [2.24, 2.45) is 0 Å². The van der Waals surface area contributed by atoms with Crippen LogP contribution in [0.25, 0.3) is 11.1 Å². The van der Waals surface area contributed by atoms with Crippen molar-refractivity contribution < 1.29 is 5.11 Å². The van der Waals surface area contributed by atoms with Crippen LogP contribution in [-0.2, 0) is 6.61 Å². The van der Waals surface area contributed by atoms with Gasteiger partial charge in [0, 0.05) is 5.92 Å². The normalized spacial score (nSPS) is 12.1. The van der Waals surface area contributed by atoms with Gasteiger partial charge in [-0.25, -0.2) is 0 Å². The van der Waals surface area contributed by atoms with Gasteiger partial charge in [0.25, 0.3) is 0 Å². The summed E-state index contributed by atoms with van der Waals surface area (Å²) < 4.78 is 0. The molecule has 3 rings (SSSR count). The second-order valence-corrected chi connectivity index (χ2v) is 5.62. The summed E-state index contributed by atoms with van der Waals surface area (Å²) in [6, 6.07) is 27.3. The third-order valence-corrected chi connectivity index (χ3v) is 4.13. The third-order valence-electron chi connectivity index (χ3n) is 4.13. The second kappa shape index (κ2) is 6.59. The number of hydrogen-bond acceptors (Lipinski definition) is 1. The Hall–Kier alpha value is -2.38. The van der Waals surface area contributed by atoms with Crippen LogP contribution in [0.15, 0.2) is 78.9 Å². The summed E-state index contributed by atoms with van der Waals surface area (Å²) in [7, 11) is 0. The molecule has 110 valence electrons. The molecule has 1 unspecified atom stereocenters. The highest BCUT2D eigenvalue weighted by Gasteiger charge is 2.10. The maximum Gasteiger partial charge on any atom is 0.0681 e. The van der Waals surface area contributed by atoms with E-state index in [1.807, 2.05) is 18.2 Å². The monoisotopic (exact) mass is 288 g/mol. The average molecular weight is 288 g/mol. The molecular weight excluding hydrogens is 268 g/mol. The highest BCUT2D eigenvalue weighted by atomic mass is 16.3. The van der Waals surface area contributed by atoms with E-state index in [1.54, 1.807) is 0 Å². The Morgan fingerprint density at radius 1 is 0.727 bits per heavy atom. The molecule has 0 aliphatic heterocycles. The Morgan fingerprint density at radius 3 is 2.09 bits per heavy atom. The number of rotatable bonds is 4. The first kappa shape index (κ1) is 14.6. The van der Waals surface area contributed by atoms with Gasteiger partial charge in [-0.1, -0.05) is 85.8 Å². The second-order valence-electron chi connectivity index (χ2n) is 5.62. The van der Waals surface area contributed by atoms with Gasteiger partial charge in [0.15, 0.2) is 0 Å². The lowest BCUT2D eigenvalue weighted by atomic mass is 9.90. The van der Waals surface area contributed by atoms with Gasteiger partial charge < -0.3 is 5.11 Å². The van der Waals surface area contributed by atoms with Gasteiger partial charge in [-0.2, -0.15) is 0 Å². The molecule has 1 N–H and O–H groups in total. The van der Waals surface area contributed by atoms with Crippen molar-refractivity contribution in [2.75, 3.05) is 0 Å². The Balaban J connectivity index is 1.94. The van der Waals surface area contributed by atoms with Gasteiger partial charge in [-0.05, 0) is 27.8 Å². The fourth-order valence-corrected chi connectivity index (χ4v) is 2.77. The SMILES string of the molecule is CC(c1cccc(CO)c1)c1cccc(-c2ccccc2)c1. The third kappa shape index (κ3) is 3.10. The summed E-state index contributed by atoms with van der Waals surface area (Å²) in [5, 5.41) is 9.31. The quantitative estimate of drug-likeness (QED) is 0.716. The van der Waals surface area contributed by atoms with Crippen LogP contribution in [0, 0.1) is 0 Å². The van der Waals surface area contributed by atoms with Gasteiger partial charge in [0.1, 0.15) is 0 Å². The number of aliphatic hydroxyl groups is 1. The van der Waals surface area contributed by atoms with Crippen LogP contribution in [0.5, 0.6) is 0 Å². The molecule has 0 aromatic heterocycles. The van der Waals surface area contributed by atoms with E-state index < -0.39 is 0 Å². The molecule has 1 atom stereocenters. The van der Waals surface area contributed by atoms with Crippen LogP contribution < -0.4 is 0 Å². The molecule has 0 aliphatic rings. The van der Waals surface area contributed by atoms with Gasteiger partial charge in [0.2, 0.25) is 0 Å². The first-order valence-electron chi connectivity index (χ1n) is 7.63. The van der Waals surface area contributed by atoms with Crippen LogP contribution in [0.3, 0.4) is 0 Å². The summed E-state index contributed by atoms with van der Waals surface area (Å²) in [6.45, 7) is 2.30. The molecule has 22 heavy (non-hydrogen) atoms. The maximum absolute atomic E-state index is 9.31. The molecule has 0 saturated heterocycles. The zero-order valence-corrected chi connectivity index (χ0v) is 12.7. The summed E-state index contributed by atoms with van der Waals surface area (Å²) >= 11 is 0. The Bertz CT molecular complexity index is 747. The zero-order valence-electron chi connectivity index (χ0n) is 12.7. The molecule has 0 saturated carbocycles. The molecule has 3 aromatic carbocycles. The molecule has 3 aromatic rings. The largest absolute Gasteiger partial charge is 0.392 e. The highest BCUT2D eigenvalue weighted by Crippen LogP contribution is 2.28. The van der Waals surface area contributed by atoms with Crippen molar-refractivity contribution in [1.29, 1.82) is 0 Å². The van der Waals surface area contributed by atoms with Crippen LogP contribution >= 0.6 is 0 Å². The van der Waals surface area contributed by atoms with E-state index in [-0.39, 0.29) is 6.61 Å². The molecule has 0 radical (unpaired) electrons. The maximum atomic E-state index is 9.31. The van der Waals surface area contributed by atoms with Crippen LogP contribution in [0.1, 0.15) is 29.5 Å². The van der Waals surface area contributed by atoms with Gasteiger partial charge >= 0.3 is 0 Å². The first-order valence-corrected chi connectivity index (χ1v) is 7.63. The van der Waals surface area contributed by atoms with E-state index in [9.17, 15) is 5.11 Å². The van der Waals surface area contributed by atoms with Gasteiger partial charge in [-0.3, -0.25) is 0 Å². The van der Waals surface area contributed by atoms with Gasteiger partial charge in [0.05, 0.1) is 6.61 Å². The van der Waals surface area contributed by atoms with E-state index in [2.05, 4.69) is 67.6 Å². The van der Waals surface area contributed by atoms with Crippen molar-refractivity contribution in [3.8, 4) is 11.1 Å². The highest BCUT2D eigenvalue weighted by molar-refractivity contribution is 5.64. The van der Waals surface area contributed by atoms with Crippen molar-refractivity contribution in [3.05, 3.63) is 95.6 Å². The molecule has 1 nitrogen and oxygen atoms in total. The predicted octanol–water partition coefficient (Wildman–Crippen LogP) is 5.00. The Morgan fingerprint density at radius 2 is 1.36 bits per heavy atom. The number of hydrogen-bond donors (Lipinski definition) is 1. The van der Waals surface area contributed by atoms with Crippen LogP contribution in [0.2, 0.25) is 0 Å². The minimum Gasteiger partial charge on any atom is -0.392 e. The lowest BCUT2D eigenvalue weighted by molar-refractivity contribution is 0.281. The van der Waals surface area contributed by atoms with E-state index in [1.165, 1.54) is 22.3 Å². The predicted molar refractivity (Wildman–Crippen MR) is 91.8 cm³/mol. The fraction of sp³-hybridized carbons (Fsp3) is 0.143. The van der Waals surface area contributed by atoms with Crippen LogP contribution in [-0.4, -0.2) is 5.11 Å². The van der Waals surface area contributed by atoms with Gasteiger partial charge in [-0.15, -0.1) is 0 Å². The molecule has 0 amide bonds. The van der Waals surface area contributed by atoms with E-state index >= 15 is 0 Å². The van der Waals surface area contributed by atoms with Crippen molar-refractivity contribution in [2.45, 2.75) is 19.4 Å². The molecule has 0 aliphatic carbocycles. The number of benzene rings is 3. The molecule has 0 bridgehead atoms. The van der Waals surface area contributed by atoms with E-state index in [0.29, 0.717) is 5.92 Å². The lowest BCUT2D eigenvalue weighted by Gasteiger charge is -2.15. The molecule has 0 spiro atoms. The molecule has 0 fully saturated rings. The summed E-state index contributed by atoms with van der Waals surface area (Å²) in [6.07, 6.45) is 0. The molecule has 1 heteroatoms. The van der Waals surface area contributed by atoms with Crippen molar-refractivity contribution >= 4 is 0 Å². The summed E-state index contributed by atoms with van der Waals surface area (Å²) in [4.78, 5) is 0. The minimum atomic E-state index is 0.0879. The Kier molecular flexibility index (Phi) is 4.36. The minimum absolute atomic E-state index is 0.0879. The standard InChI is InChI=1S/C21H20O/c1-16(19-10-5-7-17(13-19)15-22)20-11-6-12-21(14-20)18-8-3-2-4-9-18/h2-14,16,22H,15H2,1H3. The van der Waals surface area contributed by atoms with Crippen molar-refractivity contribution in [3.63, 3.8) is 0 Å². The topological polar surface area (TPSA) is 20.2 Å². The number of aliphatic hydroxyl groups excluding tert-OH is 1. The lowest BCUT2D eigenvalue weighted by Crippen LogP contribution is -1.97. The summed E-state index contributed by atoms with van der Waals surface area (Å²) in [5.41, 5.74) is 5.96. The first-order chi connectivity index (χ1) is 10.8. The smallest absolute Gasteiger partial charge is 0.0681 e. The average Bonchev–Trinajstić information content (AvgIpc) is 2.62. The Labute approximate surface area is 131 Å². The van der Waals surface area contributed by atoms with Crippen molar-refractivity contribution in [1.82, 2.24) is 0 Å². The summed E-state index contributed by atoms with van der Waals surface area (Å²) in [5.74, 6) is 0.301.